The van der Waals surface area contributed by atoms with E-state index in [0.717, 1.165) is 50.9 Å². The second-order valence-corrected chi connectivity index (χ2v) is 8.65. The van der Waals surface area contributed by atoms with Crippen LogP contribution in [0.2, 0.25) is 0 Å². The topological polar surface area (TPSA) is 90.6 Å². The van der Waals surface area contributed by atoms with E-state index in [2.05, 4.69) is 35.9 Å². The van der Waals surface area contributed by atoms with Crippen molar-refractivity contribution in [1.82, 2.24) is 14.4 Å². The summed E-state index contributed by atoms with van der Waals surface area (Å²) < 4.78 is 6.67. The zero-order valence-electron chi connectivity index (χ0n) is 20.6. The second kappa shape index (κ2) is 9.62. The van der Waals surface area contributed by atoms with Crippen LogP contribution in [0.1, 0.15) is 31.8 Å². The van der Waals surface area contributed by atoms with Gasteiger partial charge in [-0.1, -0.05) is 36.4 Å². The Morgan fingerprint density at radius 3 is 2.14 bits per heavy atom. The van der Waals surface area contributed by atoms with Crippen molar-refractivity contribution >= 4 is 18.2 Å². The minimum atomic E-state index is -0.393. The highest BCUT2D eigenvalue weighted by molar-refractivity contribution is 5.85. The highest BCUT2D eigenvalue weighted by Crippen LogP contribution is 2.37. The maximum atomic E-state index is 12.4. The summed E-state index contributed by atoms with van der Waals surface area (Å²) in [6, 6.07) is 19.4. The van der Waals surface area contributed by atoms with Crippen LogP contribution < -0.4 is 10.3 Å². The molecule has 0 atom stereocenters. The van der Waals surface area contributed by atoms with Crippen LogP contribution in [0.15, 0.2) is 77.9 Å². The lowest BCUT2D eigenvalue weighted by atomic mass is 9.89. The van der Waals surface area contributed by atoms with Crippen LogP contribution in [-0.2, 0) is 0 Å². The van der Waals surface area contributed by atoms with Gasteiger partial charge in [-0.2, -0.15) is 0 Å². The summed E-state index contributed by atoms with van der Waals surface area (Å²) in [6.07, 6.45) is 4.19. The molecule has 3 aromatic heterocycles. The molecule has 2 aromatic carbocycles. The Kier molecular flexibility index (Phi) is 6.19. The summed E-state index contributed by atoms with van der Waals surface area (Å²) in [5.74, 6) is 0.291. The molecule has 182 valence electrons. The van der Waals surface area contributed by atoms with E-state index in [0.29, 0.717) is 23.4 Å². The Balaban J connectivity index is 1.62. The van der Waals surface area contributed by atoms with E-state index in [1.807, 2.05) is 42.5 Å². The number of aldehydes is 2. The van der Waals surface area contributed by atoms with Gasteiger partial charge in [-0.15, -0.1) is 0 Å². The average Bonchev–Trinajstić information content (AvgIpc) is 2.93. The van der Waals surface area contributed by atoms with Crippen molar-refractivity contribution in [2.24, 2.45) is 0 Å². The molecule has 0 saturated heterocycles. The fourth-order valence-corrected chi connectivity index (χ4v) is 4.64. The number of hydrogen-bond acceptors (Lipinski definition) is 6. The summed E-state index contributed by atoms with van der Waals surface area (Å²) in [5.41, 5.74) is 8.32. The SMILES string of the molecule is COc1nc(-c2cccc(-c3cccc(-c4ccn5c(=O)c(C=O)cnc5c4)c3C)c2C)ccc1C=O. The molecule has 0 aliphatic heterocycles. The standard InChI is InChI=1S/C30H23N3O4/c1-18-23(20-12-13-33-28(14-20)31-15-22(17-35)30(33)36)6-4-7-24(18)25-8-5-9-26(19(25)2)27-11-10-21(16-34)29(32-27)37-3/h4-17H,1-3H3. The predicted octanol–water partition coefficient (Wildman–Crippen LogP) is 5.34. The van der Waals surface area contributed by atoms with Crippen LogP contribution in [0.5, 0.6) is 5.88 Å². The first-order chi connectivity index (χ1) is 18.0. The van der Waals surface area contributed by atoms with Crippen LogP contribution in [0, 0.1) is 13.8 Å². The maximum absolute atomic E-state index is 12.4. The number of carbonyl (C=O) groups is 2. The van der Waals surface area contributed by atoms with Gasteiger partial charge in [0.2, 0.25) is 5.88 Å². The van der Waals surface area contributed by atoms with Crippen LogP contribution in [0.25, 0.3) is 39.2 Å². The molecule has 0 spiro atoms. The van der Waals surface area contributed by atoms with Crippen molar-refractivity contribution in [1.29, 1.82) is 0 Å². The van der Waals surface area contributed by atoms with Gasteiger partial charge >= 0.3 is 0 Å². The number of ether oxygens (including phenoxy) is 1. The largest absolute Gasteiger partial charge is 0.480 e. The van der Waals surface area contributed by atoms with Crippen molar-refractivity contribution in [3.63, 3.8) is 0 Å². The number of fused-ring (bicyclic) bond motifs is 1. The lowest BCUT2D eigenvalue weighted by Gasteiger charge is -2.17. The lowest BCUT2D eigenvalue weighted by molar-refractivity contribution is 0.111. The van der Waals surface area contributed by atoms with E-state index >= 15 is 0 Å². The van der Waals surface area contributed by atoms with Gasteiger partial charge in [0.1, 0.15) is 5.65 Å². The van der Waals surface area contributed by atoms with E-state index < -0.39 is 5.56 Å². The molecule has 37 heavy (non-hydrogen) atoms. The van der Waals surface area contributed by atoms with E-state index in [1.54, 1.807) is 12.3 Å². The number of aromatic nitrogens is 3. The fraction of sp³-hybridized carbons (Fsp3) is 0.100. The summed E-state index contributed by atoms with van der Waals surface area (Å²) in [7, 11) is 1.50. The highest BCUT2D eigenvalue weighted by Gasteiger charge is 2.15. The molecule has 0 radical (unpaired) electrons. The molecule has 0 bridgehead atoms. The maximum Gasteiger partial charge on any atom is 0.268 e. The fourth-order valence-electron chi connectivity index (χ4n) is 4.64. The first-order valence-electron chi connectivity index (χ1n) is 11.6. The van der Waals surface area contributed by atoms with Crippen molar-refractivity contribution in [2.45, 2.75) is 13.8 Å². The third kappa shape index (κ3) is 4.10. The number of nitrogens with zero attached hydrogens (tertiary/aromatic N) is 3. The molecule has 5 aromatic rings. The molecule has 0 aliphatic carbocycles. The van der Waals surface area contributed by atoms with Crippen LogP contribution >= 0.6 is 0 Å². The Morgan fingerprint density at radius 1 is 0.811 bits per heavy atom. The van der Waals surface area contributed by atoms with Crippen LogP contribution in [0.4, 0.5) is 0 Å². The van der Waals surface area contributed by atoms with Crippen molar-refractivity contribution in [2.75, 3.05) is 7.11 Å². The van der Waals surface area contributed by atoms with Gasteiger partial charge in [0.15, 0.2) is 12.6 Å². The van der Waals surface area contributed by atoms with Gasteiger partial charge in [-0.3, -0.25) is 18.8 Å². The molecule has 3 heterocycles. The smallest absolute Gasteiger partial charge is 0.268 e. The predicted molar refractivity (Wildman–Crippen MR) is 142 cm³/mol. The Bertz CT molecular complexity index is 1750. The molecule has 7 nitrogen and oxygen atoms in total. The number of pyridine rings is 2. The lowest BCUT2D eigenvalue weighted by Crippen LogP contribution is -2.18. The minimum Gasteiger partial charge on any atom is -0.480 e. The zero-order chi connectivity index (χ0) is 26.1. The summed E-state index contributed by atoms with van der Waals surface area (Å²) in [5, 5.41) is 0. The van der Waals surface area contributed by atoms with Gasteiger partial charge in [0, 0.05) is 18.0 Å². The molecule has 0 amide bonds. The molecule has 5 rings (SSSR count). The van der Waals surface area contributed by atoms with Crippen molar-refractivity contribution < 1.29 is 14.3 Å². The quantitative estimate of drug-likeness (QED) is 0.299. The summed E-state index contributed by atoms with van der Waals surface area (Å²) in [6.45, 7) is 4.12. The average molecular weight is 490 g/mol. The van der Waals surface area contributed by atoms with Gasteiger partial charge in [-0.25, -0.2) is 9.97 Å². The van der Waals surface area contributed by atoms with Gasteiger partial charge in [-0.05, 0) is 71.5 Å². The zero-order valence-corrected chi connectivity index (χ0v) is 20.6. The van der Waals surface area contributed by atoms with Gasteiger partial charge in [0.05, 0.1) is 23.9 Å². The molecular weight excluding hydrogens is 466 g/mol. The molecule has 0 fully saturated rings. The Hall–Kier alpha value is -4.91. The summed E-state index contributed by atoms with van der Waals surface area (Å²) in [4.78, 5) is 43.7. The molecule has 0 aliphatic rings. The van der Waals surface area contributed by atoms with E-state index in [4.69, 9.17) is 4.74 Å². The van der Waals surface area contributed by atoms with Crippen LogP contribution in [0.3, 0.4) is 0 Å². The van der Waals surface area contributed by atoms with Crippen molar-refractivity contribution in [3.05, 3.63) is 106 Å². The normalized spacial score (nSPS) is 10.9. The second-order valence-electron chi connectivity index (χ2n) is 8.65. The molecule has 0 saturated carbocycles. The first kappa shape index (κ1) is 23.8. The summed E-state index contributed by atoms with van der Waals surface area (Å²) >= 11 is 0. The number of rotatable bonds is 6. The molecule has 0 N–H and O–H groups in total. The monoisotopic (exact) mass is 489 g/mol. The third-order valence-corrected chi connectivity index (χ3v) is 6.62. The van der Waals surface area contributed by atoms with Gasteiger partial charge < -0.3 is 4.74 Å². The van der Waals surface area contributed by atoms with E-state index in [1.165, 1.54) is 17.7 Å². The highest BCUT2D eigenvalue weighted by atomic mass is 16.5. The number of hydrogen-bond donors (Lipinski definition) is 0. The number of carbonyl (C=O) groups excluding carboxylic acids is 2. The molecule has 0 unspecified atom stereocenters. The van der Waals surface area contributed by atoms with E-state index in [-0.39, 0.29) is 5.56 Å². The number of benzene rings is 2. The minimum absolute atomic E-state index is 0.0201. The third-order valence-electron chi connectivity index (χ3n) is 6.62. The van der Waals surface area contributed by atoms with Gasteiger partial charge in [0.25, 0.3) is 5.56 Å². The van der Waals surface area contributed by atoms with Crippen LogP contribution in [-0.4, -0.2) is 34.1 Å². The number of methoxy groups -OCH3 is 1. The molecular formula is C30H23N3O4. The van der Waals surface area contributed by atoms with Crippen molar-refractivity contribution in [3.8, 4) is 39.4 Å². The Morgan fingerprint density at radius 2 is 1.46 bits per heavy atom. The van der Waals surface area contributed by atoms with E-state index in [9.17, 15) is 14.4 Å². The first-order valence-corrected chi connectivity index (χ1v) is 11.6. The Labute approximate surface area is 213 Å². The molecule has 7 heteroatoms.